The van der Waals surface area contributed by atoms with Crippen molar-refractivity contribution in [3.8, 4) is 11.1 Å². The van der Waals surface area contributed by atoms with E-state index < -0.39 is 0 Å². The van der Waals surface area contributed by atoms with Gasteiger partial charge < -0.3 is 4.90 Å². The highest BCUT2D eigenvalue weighted by Crippen LogP contribution is 2.54. The lowest BCUT2D eigenvalue weighted by molar-refractivity contribution is 0.555. The summed E-state index contributed by atoms with van der Waals surface area (Å²) in [5.74, 6) is 0.880. The summed E-state index contributed by atoms with van der Waals surface area (Å²) in [6.45, 7) is 21.0. The van der Waals surface area contributed by atoms with Crippen molar-refractivity contribution >= 4 is 11.4 Å². The molecule has 1 heteroatoms. The van der Waals surface area contributed by atoms with E-state index in [1.54, 1.807) is 0 Å². The maximum Gasteiger partial charge on any atom is 0.0457 e. The lowest BCUT2D eigenvalue weighted by atomic mass is 9.81. The Morgan fingerprint density at radius 1 is 0.688 bits per heavy atom. The fourth-order valence-corrected chi connectivity index (χ4v) is 5.62. The molecule has 4 rings (SSSR count). The molecule has 0 bridgehead atoms. The normalized spacial score (nSPS) is 14.6. The van der Waals surface area contributed by atoms with Crippen LogP contribution in [0.5, 0.6) is 0 Å². The molecule has 0 amide bonds. The molecule has 0 saturated carbocycles. The Bertz CT molecular complexity index is 1140. The van der Waals surface area contributed by atoms with Gasteiger partial charge in [0.15, 0.2) is 0 Å². The average molecular weight is 426 g/mol. The minimum atomic E-state index is -0.0590. The fraction of sp³-hybridized carbons (Fsp3) is 0.419. The van der Waals surface area contributed by atoms with Crippen molar-refractivity contribution in [2.24, 2.45) is 0 Å². The number of benzene rings is 3. The van der Waals surface area contributed by atoms with Crippen LogP contribution >= 0.6 is 0 Å². The summed E-state index contributed by atoms with van der Waals surface area (Å²) in [5.41, 5.74) is 11.3. The molecular weight excluding hydrogens is 386 g/mol. The number of hydrogen-bond donors (Lipinski definition) is 0. The Morgan fingerprint density at radius 2 is 1.31 bits per heavy atom. The maximum atomic E-state index is 2.59. The minimum Gasteiger partial charge on any atom is -0.336 e. The molecule has 3 aromatic rings. The maximum absolute atomic E-state index is 2.59. The molecule has 3 aromatic carbocycles. The minimum absolute atomic E-state index is 0.0243. The summed E-state index contributed by atoms with van der Waals surface area (Å²) < 4.78 is 0. The zero-order chi connectivity index (χ0) is 23.4. The summed E-state index contributed by atoms with van der Waals surface area (Å²) in [5, 5.41) is 0. The van der Waals surface area contributed by atoms with Gasteiger partial charge in [0.05, 0.1) is 0 Å². The van der Waals surface area contributed by atoms with E-state index in [0.717, 1.165) is 0 Å². The molecule has 0 atom stereocenters. The molecule has 0 spiro atoms. The first-order valence-corrected chi connectivity index (χ1v) is 12.1. The zero-order valence-corrected chi connectivity index (χ0v) is 21.4. The van der Waals surface area contributed by atoms with E-state index in [1.165, 1.54) is 44.8 Å². The van der Waals surface area contributed by atoms with Gasteiger partial charge in [0, 0.05) is 22.3 Å². The van der Waals surface area contributed by atoms with Crippen molar-refractivity contribution in [1.82, 2.24) is 0 Å². The van der Waals surface area contributed by atoms with Crippen molar-refractivity contribution in [3.63, 3.8) is 0 Å². The number of rotatable bonds is 4. The molecule has 0 radical (unpaired) electrons. The third-order valence-electron chi connectivity index (χ3n) is 7.05. The van der Waals surface area contributed by atoms with Crippen LogP contribution in [-0.4, -0.2) is 5.54 Å². The van der Waals surface area contributed by atoms with Crippen molar-refractivity contribution in [3.05, 3.63) is 82.9 Å². The van der Waals surface area contributed by atoms with E-state index >= 15 is 0 Å². The fourth-order valence-electron chi connectivity index (χ4n) is 5.62. The second-order valence-corrected chi connectivity index (χ2v) is 11.5. The molecule has 0 fully saturated rings. The van der Waals surface area contributed by atoms with E-state index in [1.807, 2.05) is 0 Å². The van der Waals surface area contributed by atoms with Crippen LogP contribution in [0.2, 0.25) is 0 Å². The highest BCUT2D eigenvalue weighted by molar-refractivity contribution is 5.89. The van der Waals surface area contributed by atoms with Crippen LogP contribution in [0, 0.1) is 0 Å². The van der Waals surface area contributed by atoms with Gasteiger partial charge in [-0.1, -0.05) is 90.1 Å². The second kappa shape index (κ2) is 7.80. The van der Waals surface area contributed by atoms with Gasteiger partial charge in [-0.25, -0.2) is 0 Å². The SMILES string of the molecule is CC(C)c1ccccc1N(c1ccc2c(c1C(C)C)-c1ccccc1C2(C)C)C(C)(C)C. The largest absolute Gasteiger partial charge is 0.336 e. The average Bonchev–Trinajstić information content (AvgIpc) is 2.94. The molecule has 0 N–H and O–H groups in total. The molecule has 1 aliphatic carbocycles. The number of para-hydroxylation sites is 1. The van der Waals surface area contributed by atoms with Gasteiger partial charge in [0.2, 0.25) is 0 Å². The summed E-state index contributed by atoms with van der Waals surface area (Å²) in [7, 11) is 0. The second-order valence-electron chi connectivity index (χ2n) is 11.5. The molecule has 1 aliphatic rings. The van der Waals surface area contributed by atoms with Crippen LogP contribution in [-0.2, 0) is 5.41 Å². The Hall–Kier alpha value is -2.54. The van der Waals surface area contributed by atoms with Crippen LogP contribution in [0.25, 0.3) is 11.1 Å². The van der Waals surface area contributed by atoms with Gasteiger partial charge in [-0.05, 0) is 78.1 Å². The van der Waals surface area contributed by atoms with Crippen molar-refractivity contribution in [2.45, 2.75) is 85.1 Å². The number of hydrogen-bond acceptors (Lipinski definition) is 1. The lowest BCUT2D eigenvalue weighted by Crippen LogP contribution is -2.39. The van der Waals surface area contributed by atoms with Crippen LogP contribution in [0.15, 0.2) is 60.7 Å². The number of anilines is 2. The smallest absolute Gasteiger partial charge is 0.0457 e. The van der Waals surface area contributed by atoms with Crippen molar-refractivity contribution < 1.29 is 0 Å². The third-order valence-corrected chi connectivity index (χ3v) is 7.05. The molecular formula is C31H39N. The molecule has 32 heavy (non-hydrogen) atoms. The summed E-state index contributed by atoms with van der Waals surface area (Å²) >= 11 is 0. The molecule has 0 unspecified atom stereocenters. The van der Waals surface area contributed by atoms with Crippen molar-refractivity contribution in [1.29, 1.82) is 0 Å². The topological polar surface area (TPSA) is 3.24 Å². The highest BCUT2D eigenvalue weighted by atomic mass is 15.2. The monoisotopic (exact) mass is 425 g/mol. The first kappa shape index (κ1) is 22.6. The summed E-state index contributed by atoms with van der Waals surface area (Å²) in [6, 6.07) is 22.7. The predicted octanol–water partition coefficient (Wildman–Crippen LogP) is 9.18. The zero-order valence-electron chi connectivity index (χ0n) is 21.4. The molecule has 168 valence electrons. The summed E-state index contributed by atoms with van der Waals surface area (Å²) in [4.78, 5) is 2.59. The third kappa shape index (κ3) is 3.47. The molecule has 0 aromatic heterocycles. The van der Waals surface area contributed by atoms with Crippen LogP contribution < -0.4 is 4.90 Å². The van der Waals surface area contributed by atoms with E-state index in [0.29, 0.717) is 11.8 Å². The van der Waals surface area contributed by atoms with E-state index in [4.69, 9.17) is 0 Å². The van der Waals surface area contributed by atoms with Gasteiger partial charge in [-0.15, -0.1) is 0 Å². The van der Waals surface area contributed by atoms with Gasteiger partial charge in [0.1, 0.15) is 0 Å². The first-order chi connectivity index (χ1) is 15.0. The molecule has 0 saturated heterocycles. The summed E-state index contributed by atoms with van der Waals surface area (Å²) in [6.07, 6.45) is 0. The van der Waals surface area contributed by atoms with Gasteiger partial charge in [-0.2, -0.15) is 0 Å². The number of nitrogens with zero attached hydrogens (tertiary/aromatic N) is 1. The van der Waals surface area contributed by atoms with E-state index in [9.17, 15) is 0 Å². The van der Waals surface area contributed by atoms with Gasteiger partial charge in [-0.3, -0.25) is 0 Å². The van der Waals surface area contributed by atoms with Crippen LogP contribution in [0.3, 0.4) is 0 Å². The van der Waals surface area contributed by atoms with Crippen molar-refractivity contribution in [2.75, 3.05) is 4.90 Å². The lowest BCUT2D eigenvalue weighted by Gasteiger charge is -2.42. The van der Waals surface area contributed by atoms with Gasteiger partial charge in [0.25, 0.3) is 0 Å². The van der Waals surface area contributed by atoms with Crippen LogP contribution in [0.4, 0.5) is 11.4 Å². The highest BCUT2D eigenvalue weighted by Gasteiger charge is 2.39. The molecule has 0 heterocycles. The Morgan fingerprint density at radius 3 is 1.94 bits per heavy atom. The number of fused-ring (bicyclic) bond motifs is 3. The van der Waals surface area contributed by atoms with Crippen LogP contribution in [0.1, 0.15) is 96.4 Å². The molecule has 1 nitrogen and oxygen atoms in total. The quantitative estimate of drug-likeness (QED) is 0.403. The Labute approximate surface area is 195 Å². The Balaban J connectivity index is 2.07. The molecule has 0 aliphatic heterocycles. The predicted molar refractivity (Wildman–Crippen MR) is 141 cm³/mol. The first-order valence-electron chi connectivity index (χ1n) is 12.1. The Kier molecular flexibility index (Phi) is 5.52. The van der Waals surface area contributed by atoms with E-state index in [2.05, 4.69) is 128 Å². The van der Waals surface area contributed by atoms with E-state index in [-0.39, 0.29) is 11.0 Å². The van der Waals surface area contributed by atoms with Gasteiger partial charge >= 0.3 is 0 Å². The standard InChI is InChI=1S/C31H39N/c1-20(2)22-14-11-13-17-26(22)32(30(5,6)7)27-19-18-25-29(28(27)21(3)4)23-15-10-12-16-24(23)31(25,8)9/h10-21H,1-9H3.